The summed E-state index contributed by atoms with van der Waals surface area (Å²) in [5, 5.41) is 3.45. The molecule has 2 heterocycles. The van der Waals surface area contributed by atoms with E-state index in [1.54, 1.807) is 31.2 Å². The molecule has 1 amide bonds. The van der Waals surface area contributed by atoms with Crippen LogP contribution in [-0.4, -0.2) is 16.7 Å². The number of thiazole rings is 1. The Hall–Kier alpha value is -2.80. The van der Waals surface area contributed by atoms with Crippen LogP contribution in [0.4, 0.5) is 5.13 Å². The minimum atomic E-state index is -0.721. The fourth-order valence-electron chi connectivity index (χ4n) is 2.16. The summed E-state index contributed by atoms with van der Waals surface area (Å²) in [5.41, 5.74) is 0.128. The molecule has 0 saturated carbocycles. The van der Waals surface area contributed by atoms with Gasteiger partial charge in [-0.25, -0.2) is 9.78 Å². The highest BCUT2D eigenvalue weighted by Gasteiger charge is 2.17. The van der Waals surface area contributed by atoms with Crippen molar-refractivity contribution < 1.29 is 14.0 Å². The largest absolute Gasteiger partial charge is 0.422 e. The van der Waals surface area contributed by atoms with E-state index in [0.717, 1.165) is 11.3 Å². The van der Waals surface area contributed by atoms with Crippen molar-refractivity contribution in [3.63, 3.8) is 0 Å². The van der Waals surface area contributed by atoms with Crippen LogP contribution in [0.25, 0.3) is 11.0 Å². The van der Waals surface area contributed by atoms with Crippen LogP contribution in [-0.2, 0) is 0 Å². The maximum atomic E-state index is 12.3. The molecule has 7 heteroatoms. The molecule has 0 fully saturated rings. The van der Waals surface area contributed by atoms with Crippen LogP contribution in [0, 0.1) is 6.92 Å². The van der Waals surface area contributed by atoms with Crippen molar-refractivity contribution in [3.8, 4) is 0 Å². The molecule has 0 atom stereocenters. The summed E-state index contributed by atoms with van der Waals surface area (Å²) in [4.78, 5) is 40.3. The molecule has 0 saturated heterocycles. The lowest BCUT2D eigenvalue weighted by atomic mass is 10.2. The number of nitrogens with zero attached hydrogens (tertiary/aromatic N) is 1. The van der Waals surface area contributed by atoms with Crippen LogP contribution in [0.15, 0.2) is 39.5 Å². The third-order valence-corrected chi connectivity index (χ3v) is 4.40. The summed E-state index contributed by atoms with van der Waals surface area (Å²) in [6.45, 7) is 3.12. The fraction of sp³-hybridized carbons (Fsp3) is 0.125. The van der Waals surface area contributed by atoms with Gasteiger partial charge in [-0.15, -0.1) is 0 Å². The number of carbonyl (C=O) groups is 2. The number of aryl methyl sites for hydroxylation is 1. The maximum Gasteiger partial charge on any atom is 0.349 e. The number of aromatic nitrogens is 1. The second kappa shape index (κ2) is 5.77. The van der Waals surface area contributed by atoms with Crippen LogP contribution in [0.3, 0.4) is 0 Å². The maximum absolute atomic E-state index is 12.3. The Labute approximate surface area is 134 Å². The van der Waals surface area contributed by atoms with Gasteiger partial charge in [0.15, 0.2) is 10.9 Å². The molecule has 0 bridgehead atoms. The molecule has 0 spiro atoms. The van der Waals surface area contributed by atoms with E-state index in [4.69, 9.17) is 4.42 Å². The number of nitrogens with one attached hydrogen (secondary N) is 1. The van der Waals surface area contributed by atoms with Gasteiger partial charge < -0.3 is 4.42 Å². The lowest BCUT2D eigenvalue weighted by Crippen LogP contribution is -2.20. The van der Waals surface area contributed by atoms with Gasteiger partial charge in [0.05, 0.1) is 10.6 Å². The Kier molecular flexibility index (Phi) is 3.79. The molecular weight excluding hydrogens is 316 g/mol. The first kappa shape index (κ1) is 15.1. The number of Topliss-reactive ketones (excluding diaryl/α,β-unsaturated/α-hetero) is 1. The van der Waals surface area contributed by atoms with E-state index in [2.05, 4.69) is 10.3 Å². The van der Waals surface area contributed by atoms with E-state index < -0.39 is 11.5 Å². The summed E-state index contributed by atoms with van der Waals surface area (Å²) >= 11 is 1.07. The van der Waals surface area contributed by atoms with Crippen LogP contribution in [0.1, 0.15) is 32.6 Å². The van der Waals surface area contributed by atoms with Crippen molar-refractivity contribution >= 4 is 39.1 Å². The van der Waals surface area contributed by atoms with Gasteiger partial charge in [0.25, 0.3) is 5.91 Å². The minimum absolute atomic E-state index is 0.110. The quantitative estimate of drug-likeness (QED) is 0.589. The molecule has 0 radical (unpaired) electrons. The molecule has 1 N–H and O–H groups in total. The highest BCUT2D eigenvalue weighted by Crippen LogP contribution is 2.23. The number of amides is 1. The minimum Gasteiger partial charge on any atom is -0.422 e. The zero-order valence-corrected chi connectivity index (χ0v) is 13.2. The zero-order chi connectivity index (χ0) is 16.6. The van der Waals surface area contributed by atoms with Gasteiger partial charge in [-0.1, -0.05) is 29.5 Å². The van der Waals surface area contributed by atoms with E-state index >= 15 is 0 Å². The monoisotopic (exact) mass is 328 g/mol. The number of rotatable bonds is 3. The SMILES string of the molecule is CC(=O)c1sc(NC(=O)c2cc3ccccc3oc2=O)nc1C. The van der Waals surface area contributed by atoms with Gasteiger partial charge in [-0.3, -0.25) is 14.9 Å². The number of carbonyl (C=O) groups excluding carboxylic acids is 2. The summed E-state index contributed by atoms with van der Waals surface area (Å²) in [5.74, 6) is -0.737. The molecule has 3 aromatic rings. The second-order valence-corrected chi connectivity index (χ2v) is 5.93. The number of para-hydroxylation sites is 1. The van der Waals surface area contributed by atoms with E-state index in [0.29, 0.717) is 21.5 Å². The molecule has 3 rings (SSSR count). The van der Waals surface area contributed by atoms with E-state index in [1.807, 2.05) is 0 Å². The zero-order valence-electron chi connectivity index (χ0n) is 12.4. The number of ketones is 1. The van der Waals surface area contributed by atoms with Crippen molar-refractivity contribution in [2.75, 3.05) is 5.32 Å². The summed E-state index contributed by atoms with van der Waals surface area (Å²) in [7, 11) is 0. The predicted molar refractivity (Wildman–Crippen MR) is 87.3 cm³/mol. The number of benzene rings is 1. The van der Waals surface area contributed by atoms with E-state index in [9.17, 15) is 14.4 Å². The lowest BCUT2D eigenvalue weighted by molar-refractivity contribution is 0.101. The molecule has 116 valence electrons. The van der Waals surface area contributed by atoms with Gasteiger partial charge in [0.1, 0.15) is 11.1 Å². The van der Waals surface area contributed by atoms with Crippen molar-refractivity contribution in [3.05, 3.63) is 56.9 Å². The van der Waals surface area contributed by atoms with Crippen molar-refractivity contribution in [2.24, 2.45) is 0 Å². The highest BCUT2D eigenvalue weighted by atomic mass is 32.1. The summed E-state index contributed by atoms with van der Waals surface area (Å²) in [6, 6.07) is 8.40. The van der Waals surface area contributed by atoms with Gasteiger partial charge in [-0.05, 0) is 19.1 Å². The average Bonchev–Trinajstić information content (AvgIpc) is 2.87. The van der Waals surface area contributed by atoms with Crippen molar-refractivity contribution in [1.82, 2.24) is 4.98 Å². The first-order valence-corrected chi connectivity index (χ1v) is 7.60. The van der Waals surface area contributed by atoms with Gasteiger partial charge >= 0.3 is 5.63 Å². The Morgan fingerprint density at radius 2 is 2.00 bits per heavy atom. The van der Waals surface area contributed by atoms with Crippen LogP contribution < -0.4 is 10.9 Å². The van der Waals surface area contributed by atoms with Crippen LogP contribution in [0.2, 0.25) is 0 Å². The standard InChI is InChI=1S/C16H12N2O4S/c1-8-13(9(2)19)23-16(17-8)18-14(20)11-7-10-5-3-4-6-12(10)22-15(11)21/h3-7H,1-2H3,(H,17,18,20). The number of hydrogen-bond donors (Lipinski definition) is 1. The molecule has 0 aliphatic rings. The predicted octanol–water partition coefficient (Wildman–Crippen LogP) is 3.01. The van der Waals surface area contributed by atoms with Gasteiger partial charge in [0, 0.05) is 12.3 Å². The van der Waals surface area contributed by atoms with Gasteiger partial charge in [0.2, 0.25) is 0 Å². The van der Waals surface area contributed by atoms with Crippen LogP contribution >= 0.6 is 11.3 Å². The number of anilines is 1. The number of fused-ring (bicyclic) bond motifs is 1. The molecule has 0 aliphatic carbocycles. The molecule has 23 heavy (non-hydrogen) atoms. The smallest absolute Gasteiger partial charge is 0.349 e. The molecule has 2 aromatic heterocycles. The number of hydrogen-bond acceptors (Lipinski definition) is 6. The molecule has 1 aromatic carbocycles. The molecule has 6 nitrogen and oxygen atoms in total. The normalized spacial score (nSPS) is 10.7. The summed E-state index contributed by atoms with van der Waals surface area (Å²) in [6.07, 6.45) is 0. The van der Waals surface area contributed by atoms with Crippen molar-refractivity contribution in [2.45, 2.75) is 13.8 Å². The average molecular weight is 328 g/mol. The Morgan fingerprint density at radius 3 is 2.70 bits per heavy atom. The third-order valence-electron chi connectivity index (χ3n) is 3.22. The van der Waals surface area contributed by atoms with E-state index in [-0.39, 0.29) is 16.5 Å². The Morgan fingerprint density at radius 1 is 1.26 bits per heavy atom. The Bertz CT molecular complexity index is 987. The van der Waals surface area contributed by atoms with Gasteiger partial charge in [-0.2, -0.15) is 0 Å². The lowest BCUT2D eigenvalue weighted by Gasteiger charge is -2.02. The van der Waals surface area contributed by atoms with Crippen LogP contribution in [0.5, 0.6) is 0 Å². The first-order valence-electron chi connectivity index (χ1n) is 6.78. The first-order chi connectivity index (χ1) is 11.0. The highest BCUT2D eigenvalue weighted by molar-refractivity contribution is 7.17. The van der Waals surface area contributed by atoms with E-state index in [1.165, 1.54) is 13.0 Å². The fourth-order valence-corrected chi connectivity index (χ4v) is 3.02. The molecule has 0 unspecified atom stereocenters. The molecular formula is C16H12N2O4S. The topological polar surface area (TPSA) is 89.3 Å². The second-order valence-electron chi connectivity index (χ2n) is 4.93. The molecule has 0 aliphatic heterocycles. The van der Waals surface area contributed by atoms with Crippen molar-refractivity contribution in [1.29, 1.82) is 0 Å². The summed E-state index contributed by atoms with van der Waals surface area (Å²) < 4.78 is 5.13. The Balaban J connectivity index is 1.94. The third kappa shape index (κ3) is 2.91.